The summed E-state index contributed by atoms with van der Waals surface area (Å²) < 4.78 is 26.8. The maximum absolute atomic E-state index is 12.2. The average molecular weight is 423 g/mol. The van der Waals surface area contributed by atoms with Gasteiger partial charge in [-0.15, -0.1) is 10.2 Å². The Labute approximate surface area is 159 Å². The van der Waals surface area contributed by atoms with E-state index in [9.17, 15) is 13.2 Å². The third kappa shape index (κ3) is 5.35. The number of hydrogen-bond donors (Lipinski definition) is 2. The standard InChI is InChI=1S/C14H16Cl2N4O3S2/c1-3-4-8(2)20-25(22,23)14-19-18-13(24-14)17-12(21)10-6-5-9(15)7-11(10)16/h5-8,20H,3-4H2,1-2H3,(H,17,18,21)/t8-/m1/s1. The Morgan fingerprint density at radius 3 is 2.68 bits per heavy atom. The Morgan fingerprint density at radius 1 is 1.32 bits per heavy atom. The number of carbonyl (C=O) groups is 1. The van der Waals surface area contributed by atoms with E-state index in [1.165, 1.54) is 18.2 Å². The maximum Gasteiger partial charge on any atom is 0.270 e. The summed E-state index contributed by atoms with van der Waals surface area (Å²) in [6, 6.07) is 4.21. The van der Waals surface area contributed by atoms with Gasteiger partial charge in [-0.2, -0.15) is 0 Å². The van der Waals surface area contributed by atoms with Gasteiger partial charge in [0.1, 0.15) is 0 Å². The van der Waals surface area contributed by atoms with Gasteiger partial charge in [0.05, 0.1) is 10.6 Å². The number of carbonyl (C=O) groups excluding carboxylic acids is 1. The second-order valence-corrected chi connectivity index (χ2v) is 8.97. The molecule has 0 spiro atoms. The minimum atomic E-state index is -3.77. The molecule has 1 aromatic heterocycles. The van der Waals surface area contributed by atoms with Gasteiger partial charge in [0.25, 0.3) is 15.9 Å². The van der Waals surface area contributed by atoms with Crippen LogP contribution in [0, 0.1) is 0 Å². The molecule has 2 aromatic rings. The summed E-state index contributed by atoms with van der Waals surface area (Å²) in [5.41, 5.74) is 0.195. The topological polar surface area (TPSA) is 101 Å². The fourth-order valence-electron chi connectivity index (χ4n) is 2.01. The van der Waals surface area contributed by atoms with E-state index in [0.29, 0.717) is 11.4 Å². The summed E-state index contributed by atoms with van der Waals surface area (Å²) in [5.74, 6) is -0.533. The number of amides is 1. The number of benzene rings is 1. The molecule has 7 nitrogen and oxygen atoms in total. The summed E-state index contributed by atoms with van der Waals surface area (Å²) in [5, 5.41) is 10.4. The quantitative estimate of drug-likeness (QED) is 0.664. The first-order valence-corrected chi connectivity index (χ1v) is 10.4. The van der Waals surface area contributed by atoms with E-state index < -0.39 is 15.9 Å². The molecule has 2 rings (SSSR count). The van der Waals surface area contributed by atoms with Gasteiger partial charge in [0, 0.05) is 11.1 Å². The molecule has 0 bridgehead atoms. The van der Waals surface area contributed by atoms with Crippen LogP contribution < -0.4 is 10.0 Å². The first-order chi connectivity index (χ1) is 11.7. The molecule has 1 heterocycles. The number of aromatic nitrogens is 2. The number of nitrogens with zero attached hydrogens (tertiary/aromatic N) is 2. The SMILES string of the molecule is CCC[C@@H](C)NS(=O)(=O)c1nnc(NC(=O)c2ccc(Cl)cc2Cl)s1. The lowest BCUT2D eigenvalue weighted by Crippen LogP contribution is -2.32. The molecule has 0 unspecified atom stereocenters. The largest absolute Gasteiger partial charge is 0.296 e. The minimum Gasteiger partial charge on any atom is -0.296 e. The zero-order chi connectivity index (χ0) is 18.6. The minimum absolute atomic E-state index is 0.0551. The van der Waals surface area contributed by atoms with E-state index in [4.69, 9.17) is 23.2 Å². The van der Waals surface area contributed by atoms with Crippen molar-refractivity contribution < 1.29 is 13.2 Å². The highest BCUT2D eigenvalue weighted by Crippen LogP contribution is 2.24. The second kappa shape index (κ2) is 8.41. The zero-order valence-corrected chi connectivity index (χ0v) is 16.6. The van der Waals surface area contributed by atoms with Gasteiger partial charge in [-0.25, -0.2) is 13.1 Å². The van der Waals surface area contributed by atoms with Crippen LogP contribution in [0.4, 0.5) is 5.13 Å². The van der Waals surface area contributed by atoms with Gasteiger partial charge in [-0.3, -0.25) is 10.1 Å². The van der Waals surface area contributed by atoms with Crippen molar-refractivity contribution in [2.24, 2.45) is 0 Å². The highest BCUT2D eigenvalue weighted by Gasteiger charge is 2.23. The Kier molecular flexibility index (Phi) is 6.75. The van der Waals surface area contributed by atoms with Crippen LogP contribution in [0.2, 0.25) is 10.0 Å². The number of halogens is 2. The Hall–Kier alpha value is -1.26. The summed E-state index contributed by atoms with van der Waals surface area (Å²) >= 11 is 12.5. The zero-order valence-electron chi connectivity index (χ0n) is 13.4. The van der Waals surface area contributed by atoms with Crippen molar-refractivity contribution in [3.8, 4) is 0 Å². The van der Waals surface area contributed by atoms with Crippen LogP contribution in [0.15, 0.2) is 22.5 Å². The van der Waals surface area contributed by atoms with Crippen LogP contribution in [-0.4, -0.2) is 30.6 Å². The molecule has 0 saturated heterocycles. The van der Waals surface area contributed by atoms with Crippen molar-refractivity contribution in [3.63, 3.8) is 0 Å². The molecule has 25 heavy (non-hydrogen) atoms. The summed E-state index contributed by atoms with van der Waals surface area (Å²) in [6.45, 7) is 3.73. The van der Waals surface area contributed by atoms with Crippen LogP contribution >= 0.6 is 34.5 Å². The van der Waals surface area contributed by atoms with Crippen molar-refractivity contribution >= 4 is 55.6 Å². The normalized spacial score (nSPS) is 12.8. The lowest BCUT2D eigenvalue weighted by molar-refractivity contribution is 0.102. The van der Waals surface area contributed by atoms with Crippen molar-refractivity contribution in [2.45, 2.75) is 37.1 Å². The number of sulfonamides is 1. The fraction of sp³-hybridized carbons (Fsp3) is 0.357. The van der Waals surface area contributed by atoms with Gasteiger partial charge in [-0.1, -0.05) is 47.9 Å². The van der Waals surface area contributed by atoms with E-state index in [1.807, 2.05) is 6.92 Å². The highest BCUT2D eigenvalue weighted by molar-refractivity contribution is 7.91. The molecule has 1 aromatic carbocycles. The third-order valence-electron chi connectivity index (χ3n) is 3.11. The van der Waals surface area contributed by atoms with Gasteiger partial charge >= 0.3 is 0 Å². The Balaban J connectivity index is 2.12. The second-order valence-electron chi connectivity index (χ2n) is 5.26. The first-order valence-electron chi connectivity index (χ1n) is 7.35. The van der Waals surface area contributed by atoms with Crippen molar-refractivity contribution in [3.05, 3.63) is 33.8 Å². The summed E-state index contributed by atoms with van der Waals surface area (Å²) in [6.07, 6.45) is 1.56. The molecule has 1 amide bonds. The lowest BCUT2D eigenvalue weighted by atomic mass is 10.2. The van der Waals surface area contributed by atoms with E-state index in [-0.39, 0.29) is 26.1 Å². The average Bonchev–Trinajstić information content (AvgIpc) is 2.96. The van der Waals surface area contributed by atoms with Gasteiger partial charge in [0.15, 0.2) is 0 Å². The molecule has 1 atom stereocenters. The van der Waals surface area contributed by atoms with Crippen LogP contribution in [0.3, 0.4) is 0 Å². The molecule has 0 radical (unpaired) electrons. The first kappa shape index (κ1) is 20.1. The predicted molar refractivity (Wildman–Crippen MR) is 99.0 cm³/mol. The van der Waals surface area contributed by atoms with Crippen LogP contribution in [-0.2, 0) is 10.0 Å². The van der Waals surface area contributed by atoms with Crippen LogP contribution in [0.5, 0.6) is 0 Å². The molecule has 136 valence electrons. The van der Waals surface area contributed by atoms with E-state index in [0.717, 1.165) is 17.8 Å². The molecule has 0 saturated carbocycles. The van der Waals surface area contributed by atoms with E-state index in [1.54, 1.807) is 6.92 Å². The number of rotatable bonds is 7. The lowest BCUT2D eigenvalue weighted by Gasteiger charge is -2.10. The Bertz CT molecular complexity index is 871. The summed E-state index contributed by atoms with van der Waals surface area (Å²) in [4.78, 5) is 12.2. The van der Waals surface area contributed by atoms with Crippen molar-refractivity contribution in [1.82, 2.24) is 14.9 Å². The number of nitrogens with one attached hydrogen (secondary N) is 2. The van der Waals surface area contributed by atoms with Crippen LogP contribution in [0.1, 0.15) is 37.0 Å². The molecular formula is C14H16Cl2N4O3S2. The van der Waals surface area contributed by atoms with Gasteiger partial charge in [0.2, 0.25) is 9.47 Å². The fourth-order valence-corrected chi connectivity index (χ4v) is 4.70. The molecule has 0 aliphatic carbocycles. The number of hydrogen-bond acceptors (Lipinski definition) is 6. The van der Waals surface area contributed by atoms with E-state index >= 15 is 0 Å². The van der Waals surface area contributed by atoms with Crippen LogP contribution in [0.25, 0.3) is 0 Å². The molecule has 0 fully saturated rings. The monoisotopic (exact) mass is 422 g/mol. The number of anilines is 1. The smallest absolute Gasteiger partial charge is 0.270 e. The van der Waals surface area contributed by atoms with Gasteiger partial charge in [-0.05, 0) is 31.5 Å². The summed E-state index contributed by atoms with van der Waals surface area (Å²) in [7, 11) is -3.77. The van der Waals surface area contributed by atoms with Gasteiger partial charge < -0.3 is 0 Å². The van der Waals surface area contributed by atoms with Crippen molar-refractivity contribution in [1.29, 1.82) is 0 Å². The molecule has 11 heteroatoms. The van der Waals surface area contributed by atoms with Crippen molar-refractivity contribution in [2.75, 3.05) is 5.32 Å². The molecule has 0 aliphatic rings. The van der Waals surface area contributed by atoms with E-state index in [2.05, 4.69) is 20.2 Å². The maximum atomic E-state index is 12.2. The molecule has 2 N–H and O–H groups in total. The predicted octanol–water partition coefficient (Wildman–Crippen LogP) is 3.56. The highest BCUT2D eigenvalue weighted by atomic mass is 35.5. The Morgan fingerprint density at radius 2 is 2.04 bits per heavy atom. The molecular weight excluding hydrogens is 407 g/mol. The third-order valence-corrected chi connectivity index (χ3v) is 6.45. The molecule has 0 aliphatic heterocycles.